The van der Waals surface area contributed by atoms with Crippen molar-refractivity contribution in [3.05, 3.63) is 0 Å². The maximum atomic E-state index is 12.9. The van der Waals surface area contributed by atoms with Gasteiger partial charge in [-0.1, -0.05) is 40.5 Å². The number of nitrogens with one attached hydrogen (secondary N) is 1. The Kier molecular flexibility index (Phi) is 4.20. The van der Waals surface area contributed by atoms with E-state index in [0.717, 1.165) is 25.7 Å². The molecular weight excluding hydrogens is 310 g/mol. The fourth-order valence-corrected chi connectivity index (χ4v) is 7.66. The summed E-state index contributed by atoms with van der Waals surface area (Å²) < 4.78 is 28.7. The fourth-order valence-electron chi connectivity index (χ4n) is 5.45. The van der Waals surface area contributed by atoms with Crippen LogP contribution in [0.15, 0.2) is 0 Å². The first-order valence-electron chi connectivity index (χ1n) is 9.12. The summed E-state index contributed by atoms with van der Waals surface area (Å²) in [5, 5.41) is 0. The zero-order chi connectivity index (χ0) is 17.0. The van der Waals surface area contributed by atoms with Crippen LogP contribution in [0, 0.1) is 28.6 Å². The van der Waals surface area contributed by atoms with Gasteiger partial charge in [-0.2, -0.15) is 0 Å². The summed E-state index contributed by atoms with van der Waals surface area (Å²) in [6.07, 6.45) is 5.47. The molecule has 0 spiro atoms. The van der Waals surface area contributed by atoms with Crippen molar-refractivity contribution in [1.82, 2.24) is 4.72 Å². The van der Waals surface area contributed by atoms with Crippen molar-refractivity contribution >= 4 is 15.8 Å². The Morgan fingerprint density at radius 1 is 1.17 bits per heavy atom. The van der Waals surface area contributed by atoms with Crippen LogP contribution in [0.3, 0.4) is 0 Å². The Morgan fingerprint density at radius 3 is 2.43 bits per heavy atom. The SMILES string of the molecule is C[C@H]1[C@H](C)CCC[C@@H]1NS(=O)(=O)C[C@@]12CC[C@@H](CC1=O)C2(C)C. The highest BCUT2D eigenvalue weighted by atomic mass is 32.2. The molecule has 5 heteroatoms. The first-order valence-corrected chi connectivity index (χ1v) is 10.8. The number of carbonyl (C=O) groups is 1. The second-order valence-electron chi connectivity index (χ2n) is 8.92. The summed E-state index contributed by atoms with van der Waals surface area (Å²) in [5.74, 6) is 1.43. The van der Waals surface area contributed by atoms with Crippen molar-refractivity contribution in [2.75, 3.05) is 5.75 Å². The quantitative estimate of drug-likeness (QED) is 0.854. The zero-order valence-corrected chi connectivity index (χ0v) is 15.7. The summed E-state index contributed by atoms with van der Waals surface area (Å²) in [6.45, 7) is 8.54. The molecule has 0 aromatic rings. The first kappa shape index (κ1) is 17.4. The number of sulfonamides is 1. The lowest BCUT2D eigenvalue weighted by Gasteiger charge is -2.38. The second kappa shape index (κ2) is 5.55. The van der Waals surface area contributed by atoms with Crippen LogP contribution in [-0.4, -0.2) is 26.0 Å². The van der Waals surface area contributed by atoms with Gasteiger partial charge in [0.05, 0.1) is 5.75 Å². The van der Waals surface area contributed by atoms with Gasteiger partial charge in [0.2, 0.25) is 10.0 Å². The third-order valence-electron chi connectivity index (χ3n) is 7.61. The standard InChI is InChI=1S/C18H31NO3S/c1-12-6-5-7-15(13(12)2)19-23(21,22)11-18-9-8-14(10-16(18)20)17(18,3)4/h12-15,19H,5-11H2,1-4H3/t12-,13+,14+,15+,18+/m1/s1. The molecule has 3 aliphatic rings. The molecule has 0 amide bonds. The van der Waals surface area contributed by atoms with Crippen molar-refractivity contribution in [2.45, 2.75) is 72.3 Å². The number of hydrogen-bond acceptors (Lipinski definition) is 3. The van der Waals surface area contributed by atoms with Crippen LogP contribution in [0.1, 0.15) is 66.2 Å². The highest BCUT2D eigenvalue weighted by Crippen LogP contribution is 2.64. The van der Waals surface area contributed by atoms with E-state index in [1.54, 1.807) is 0 Å². The van der Waals surface area contributed by atoms with Gasteiger partial charge in [0.1, 0.15) is 5.78 Å². The molecule has 4 nitrogen and oxygen atoms in total. The van der Waals surface area contributed by atoms with E-state index in [1.165, 1.54) is 6.42 Å². The van der Waals surface area contributed by atoms with Crippen LogP contribution in [0.25, 0.3) is 0 Å². The van der Waals surface area contributed by atoms with E-state index in [9.17, 15) is 13.2 Å². The van der Waals surface area contributed by atoms with Gasteiger partial charge in [-0.25, -0.2) is 13.1 Å². The molecule has 0 aromatic carbocycles. The number of hydrogen-bond donors (Lipinski definition) is 1. The van der Waals surface area contributed by atoms with Gasteiger partial charge in [0.25, 0.3) is 0 Å². The molecule has 23 heavy (non-hydrogen) atoms. The molecule has 0 heterocycles. The van der Waals surface area contributed by atoms with Crippen LogP contribution in [0.4, 0.5) is 0 Å². The molecule has 3 rings (SSSR count). The van der Waals surface area contributed by atoms with E-state index in [-0.39, 0.29) is 23.0 Å². The molecule has 2 bridgehead atoms. The van der Waals surface area contributed by atoms with Gasteiger partial charge in [-0.3, -0.25) is 4.79 Å². The molecule has 0 aromatic heterocycles. The predicted octanol–water partition coefficient (Wildman–Crippen LogP) is 3.13. The van der Waals surface area contributed by atoms with E-state index in [0.29, 0.717) is 24.2 Å². The number of carbonyl (C=O) groups excluding carboxylic acids is 1. The Hall–Kier alpha value is -0.420. The van der Waals surface area contributed by atoms with Gasteiger partial charge >= 0.3 is 0 Å². The normalized spacial score (nSPS) is 43.0. The maximum Gasteiger partial charge on any atom is 0.212 e. The summed E-state index contributed by atoms with van der Waals surface area (Å²) >= 11 is 0. The topological polar surface area (TPSA) is 63.2 Å². The molecule has 0 radical (unpaired) electrons. The molecule has 0 aliphatic heterocycles. The van der Waals surface area contributed by atoms with Gasteiger partial charge in [-0.05, 0) is 42.4 Å². The van der Waals surface area contributed by atoms with Crippen molar-refractivity contribution in [1.29, 1.82) is 0 Å². The average Bonchev–Trinajstić information content (AvgIpc) is 2.77. The first-order chi connectivity index (χ1) is 10.6. The summed E-state index contributed by atoms with van der Waals surface area (Å²) in [6, 6.07) is 0.0250. The van der Waals surface area contributed by atoms with E-state index >= 15 is 0 Å². The number of fused-ring (bicyclic) bond motifs is 2. The van der Waals surface area contributed by atoms with E-state index in [4.69, 9.17) is 0 Å². The Labute approximate surface area is 140 Å². The molecule has 3 fully saturated rings. The second-order valence-corrected chi connectivity index (χ2v) is 10.7. The summed E-state index contributed by atoms with van der Waals surface area (Å²) in [5.41, 5.74) is -0.850. The van der Waals surface area contributed by atoms with E-state index in [1.807, 2.05) is 0 Å². The molecule has 1 N–H and O–H groups in total. The minimum Gasteiger partial charge on any atom is -0.299 e. The van der Waals surface area contributed by atoms with Gasteiger partial charge < -0.3 is 0 Å². The highest BCUT2D eigenvalue weighted by molar-refractivity contribution is 7.89. The summed E-state index contributed by atoms with van der Waals surface area (Å²) in [7, 11) is -3.44. The number of Topliss-reactive ketones (excluding diaryl/α,β-unsaturated/α-hetero) is 1. The third-order valence-corrected chi connectivity index (χ3v) is 9.15. The highest BCUT2D eigenvalue weighted by Gasteiger charge is 2.65. The van der Waals surface area contributed by atoms with Crippen molar-refractivity contribution in [3.63, 3.8) is 0 Å². The third kappa shape index (κ3) is 2.68. The molecule has 132 valence electrons. The molecule has 3 aliphatic carbocycles. The van der Waals surface area contributed by atoms with Gasteiger partial charge in [0.15, 0.2) is 0 Å². The Balaban J connectivity index is 1.78. The molecule has 3 saturated carbocycles. The number of ketones is 1. The zero-order valence-electron chi connectivity index (χ0n) is 14.9. The molecule has 0 unspecified atom stereocenters. The minimum absolute atomic E-state index is 0.0140. The van der Waals surface area contributed by atoms with E-state index in [2.05, 4.69) is 32.4 Å². The fraction of sp³-hybridized carbons (Fsp3) is 0.944. The molecular formula is C18H31NO3S. The van der Waals surface area contributed by atoms with Crippen LogP contribution in [0.5, 0.6) is 0 Å². The molecule has 0 saturated heterocycles. The lowest BCUT2D eigenvalue weighted by atomic mass is 9.70. The molecule has 5 atom stereocenters. The van der Waals surface area contributed by atoms with Crippen LogP contribution in [0.2, 0.25) is 0 Å². The van der Waals surface area contributed by atoms with Crippen LogP contribution in [-0.2, 0) is 14.8 Å². The van der Waals surface area contributed by atoms with Crippen molar-refractivity contribution < 1.29 is 13.2 Å². The predicted molar refractivity (Wildman–Crippen MR) is 91.5 cm³/mol. The Morgan fingerprint density at radius 2 is 1.87 bits per heavy atom. The lowest BCUT2D eigenvalue weighted by Crippen LogP contribution is -2.50. The van der Waals surface area contributed by atoms with Gasteiger partial charge in [0, 0.05) is 17.9 Å². The Bertz CT molecular complexity index is 597. The minimum atomic E-state index is -3.44. The van der Waals surface area contributed by atoms with Gasteiger partial charge in [-0.15, -0.1) is 0 Å². The number of rotatable bonds is 4. The average molecular weight is 342 g/mol. The van der Waals surface area contributed by atoms with Crippen LogP contribution >= 0.6 is 0 Å². The van der Waals surface area contributed by atoms with Crippen molar-refractivity contribution in [3.8, 4) is 0 Å². The van der Waals surface area contributed by atoms with E-state index < -0.39 is 15.4 Å². The lowest BCUT2D eigenvalue weighted by molar-refractivity contribution is -0.128. The summed E-state index contributed by atoms with van der Waals surface area (Å²) in [4.78, 5) is 12.6. The largest absolute Gasteiger partial charge is 0.299 e. The van der Waals surface area contributed by atoms with Crippen molar-refractivity contribution in [2.24, 2.45) is 28.6 Å². The van der Waals surface area contributed by atoms with Crippen LogP contribution < -0.4 is 4.72 Å². The smallest absolute Gasteiger partial charge is 0.212 e. The maximum absolute atomic E-state index is 12.9. The monoisotopic (exact) mass is 341 g/mol.